The molecule has 10 heavy (non-hydrogen) atoms. The molecule has 3 heteroatoms. The maximum Gasteiger partial charge on any atom is 0.0665 e. The molecule has 3 unspecified atom stereocenters. The van der Waals surface area contributed by atoms with Gasteiger partial charge >= 0.3 is 0 Å². The molecule has 2 N–H and O–H groups in total. The summed E-state index contributed by atoms with van der Waals surface area (Å²) in [6, 6.07) is 0.242. The third kappa shape index (κ3) is 4.46. The van der Waals surface area contributed by atoms with Crippen molar-refractivity contribution >= 4 is 22.6 Å². The van der Waals surface area contributed by atoms with Crippen LogP contribution < -0.4 is 5.32 Å². The third-order valence-corrected chi connectivity index (χ3v) is 1.83. The molecular formula is C7H16INO. The van der Waals surface area contributed by atoms with Gasteiger partial charge in [-0.15, -0.1) is 0 Å². The first-order valence-electron chi connectivity index (χ1n) is 3.66. The van der Waals surface area contributed by atoms with Crippen LogP contribution >= 0.6 is 22.6 Å². The fourth-order valence-electron chi connectivity index (χ4n) is 0.893. The second-order valence-corrected chi connectivity index (χ2v) is 4.41. The lowest BCUT2D eigenvalue weighted by molar-refractivity contribution is 0.143. The van der Waals surface area contributed by atoms with E-state index in [0.29, 0.717) is 4.05 Å². The van der Waals surface area contributed by atoms with Gasteiger partial charge in [0.15, 0.2) is 0 Å². The Bertz CT molecular complexity index is 85.7. The zero-order chi connectivity index (χ0) is 8.15. The number of hydrogen-bond acceptors (Lipinski definition) is 2. The maximum atomic E-state index is 9.20. The Labute approximate surface area is 76.5 Å². The number of nitrogens with one attached hydrogen (secondary N) is 1. The molecule has 0 amide bonds. The summed E-state index contributed by atoms with van der Waals surface area (Å²) < 4.78 is 0.428. The number of hydrogen-bond donors (Lipinski definition) is 2. The summed E-state index contributed by atoms with van der Waals surface area (Å²) >= 11 is 2.29. The molecule has 0 rings (SSSR count). The lowest BCUT2D eigenvalue weighted by atomic mass is 10.1. The first kappa shape index (κ1) is 10.7. The molecule has 0 heterocycles. The lowest BCUT2D eigenvalue weighted by Gasteiger charge is -2.21. The van der Waals surface area contributed by atoms with E-state index in [0.717, 1.165) is 6.42 Å². The van der Waals surface area contributed by atoms with E-state index in [4.69, 9.17) is 0 Å². The van der Waals surface area contributed by atoms with Crippen molar-refractivity contribution in [3.63, 3.8) is 0 Å². The predicted octanol–water partition coefficient (Wildman–Crippen LogP) is 1.52. The maximum absolute atomic E-state index is 9.20. The molecule has 62 valence electrons. The fraction of sp³-hybridized carbons (Fsp3) is 1.00. The molecule has 0 bridgehead atoms. The topological polar surface area (TPSA) is 32.3 Å². The summed E-state index contributed by atoms with van der Waals surface area (Å²) in [6.45, 7) is 5.97. The van der Waals surface area contributed by atoms with Gasteiger partial charge in [0, 0.05) is 6.04 Å². The summed E-state index contributed by atoms with van der Waals surface area (Å²) in [6.07, 6.45) is 0.729. The van der Waals surface area contributed by atoms with Crippen LogP contribution in [0.1, 0.15) is 27.2 Å². The summed E-state index contributed by atoms with van der Waals surface area (Å²) in [7, 11) is 0. The van der Waals surface area contributed by atoms with Gasteiger partial charge in [-0.2, -0.15) is 0 Å². The molecular weight excluding hydrogens is 241 g/mol. The van der Waals surface area contributed by atoms with Crippen LogP contribution in [0, 0.1) is 0 Å². The van der Waals surface area contributed by atoms with E-state index in [1.54, 1.807) is 0 Å². The van der Waals surface area contributed by atoms with Crippen molar-refractivity contribution in [1.29, 1.82) is 0 Å². The van der Waals surface area contributed by atoms with Gasteiger partial charge < -0.3 is 10.4 Å². The Morgan fingerprint density at radius 1 is 1.50 bits per heavy atom. The van der Waals surface area contributed by atoms with Crippen LogP contribution in [0.5, 0.6) is 0 Å². The van der Waals surface area contributed by atoms with Crippen molar-refractivity contribution in [2.75, 3.05) is 0 Å². The van der Waals surface area contributed by atoms with Gasteiger partial charge in [0.05, 0.1) is 10.2 Å². The lowest BCUT2D eigenvalue weighted by Crippen LogP contribution is -2.40. The standard InChI is InChI=1S/C7H16INO/c1-4-7(5(2)10)9-6(3)8/h5-7,9-10H,4H2,1-3H3. The highest BCUT2D eigenvalue weighted by Crippen LogP contribution is 2.02. The van der Waals surface area contributed by atoms with Gasteiger partial charge in [-0.25, -0.2) is 0 Å². The smallest absolute Gasteiger partial charge is 0.0665 e. The zero-order valence-electron chi connectivity index (χ0n) is 6.76. The van der Waals surface area contributed by atoms with Crippen molar-refractivity contribution in [1.82, 2.24) is 5.32 Å². The molecule has 0 aromatic carbocycles. The highest BCUT2D eigenvalue weighted by Gasteiger charge is 2.12. The number of aliphatic hydroxyl groups is 1. The molecule has 0 saturated carbocycles. The Hall–Kier alpha value is 0.650. The van der Waals surface area contributed by atoms with E-state index in [2.05, 4.69) is 41.8 Å². The first-order valence-corrected chi connectivity index (χ1v) is 4.90. The van der Waals surface area contributed by atoms with E-state index in [9.17, 15) is 5.11 Å². The van der Waals surface area contributed by atoms with Crippen LogP contribution in [0.2, 0.25) is 0 Å². The summed E-state index contributed by atoms with van der Waals surface area (Å²) in [5, 5.41) is 12.5. The zero-order valence-corrected chi connectivity index (χ0v) is 8.92. The van der Waals surface area contributed by atoms with E-state index in [-0.39, 0.29) is 12.1 Å². The molecule has 0 radical (unpaired) electrons. The van der Waals surface area contributed by atoms with Crippen molar-refractivity contribution in [2.24, 2.45) is 0 Å². The average molecular weight is 257 g/mol. The van der Waals surface area contributed by atoms with E-state index >= 15 is 0 Å². The Morgan fingerprint density at radius 3 is 2.10 bits per heavy atom. The van der Waals surface area contributed by atoms with Crippen molar-refractivity contribution in [3.05, 3.63) is 0 Å². The number of alkyl halides is 1. The minimum absolute atomic E-state index is 0.242. The molecule has 0 fully saturated rings. The Balaban J connectivity index is 3.60. The SMILES string of the molecule is CCC(NC(C)I)C(C)O. The largest absolute Gasteiger partial charge is 0.392 e. The van der Waals surface area contributed by atoms with Gasteiger partial charge in [0.1, 0.15) is 0 Å². The number of rotatable bonds is 4. The van der Waals surface area contributed by atoms with Gasteiger partial charge in [-0.1, -0.05) is 29.5 Å². The molecule has 0 saturated heterocycles. The van der Waals surface area contributed by atoms with E-state index in [1.165, 1.54) is 0 Å². The van der Waals surface area contributed by atoms with Crippen molar-refractivity contribution in [3.8, 4) is 0 Å². The molecule has 2 nitrogen and oxygen atoms in total. The second kappa shape index (κ2) is 5.32. The highest BCUT2D eigenvalue weighted by atomic mass is 127. The van der Waals surface area contributed by atoms with Crippen LogP contribution in [0.15, 0.2) is 0 Å². The number of halogens is 1. The van der Waals surface area contributed by atoms with Gasteiger partial charge in [0.2, 0.25) is 0 Å². The average Bonchev–Trinajstić information content (AvgIpc) is 1.81. The van der Waals surface area contributed by atoms with Crippen LogP contribution in [-0.4, -0.2) is 21.3 Å². The van der Waals surface area contributed by atoms with Gasteiger partial charge in [-0.3, -0.25) is 0 Å². The molecule has 0 spiro atoms. The van der Waals surface area contributed by atoms with Crippen molar-refractivity contribution < 1.29 is 5.11 Å². The van der Waals surface area contributed by atoms with Crippen LogP contribution in [0.25, 0.3) is 0 Å². The van der Waals surface area contributed by atoms with Crippen molar-refractivity contribution in [2.45, 2.75) is 43.4 Å². The first-order chi connectivity index (χ1) is 4.57. The summed E-state index contributed by atoms with van der Waals surface area (Å²) in [5.74, 6) is 0. The highest BCUT2D eigenvalue weighted by molar-refractivity contribution is 14.1. The quantitative estimate of drug-likeness (QED) is 0.454. The third-order valence-electron chi connectivity index (χ3n) is 1.47. The monoisotopic (exact) mass is 257 g/mol. The molecule has 0 aromatic rings. The molecule has 0 aliphatic rings. The Morgan fingerprint density at radius 2 is 2.00 bits per heavy atom. The normalized spacial score (nSPS) is 20.1. The fourth-order valence-corrected chi connectivity index (χ4v) is 1.36. The summed E-state index contributed by atoms with van der Waals surface area (Å²) in [5.41, 5.74) is 0. The minimum Gasteiger partial charge on any atom is -0.392 e. The van der Waals surface area contributed by atoms with Gasteiger partial charge in [-0.05, 0) is 20.3 Å². The predicted molar refractivity (Wildman–Crippen MR) is 52.4 cm³/mol. The van der Waals surface area contributed by atoms with Crippen LogP contribution in [0.3, 0.4) is 0 Å². The van der Waals surface area contributed by atoms with E-state index < -0.39 is 0 Å². The van der Waals surface area contributed by atoms with Crippen LogP contribution in [-0.2, 0) is 0 Å². The second-order valence-electron chi connectivity index (χ2n) is 2.54. The number of aliphatic hydroxyl groups excluding tert-OH is 1. The molecule has 0 aliphatic carbocycles. The Kier molecular flexibility index (Phi) is 5.67. The van der Waals surface area contributed by atoms with E-state index in [1.807, 2.05) is 6.92 Å². The molecule has 0 aromatic heterocycles. The van der Waals surface area contributed by atoms with Crippen LogP contribution in [0.4, 0.5) is 0 Å². The summed E-state index contributed by atoms with van der Waals surface area (Å²) in [4.78, 5) is 0. The minimum atomic E-state index is -0.248. The molecule has 0 aliphatic heterocycles. The van der Waals surface area contributed by atoms with Gasteiger partial charge in [0.25, 0.3) is 0 Å². The molecule has 3 atom stereocenters.